The van der Waals surface area contributed by atoms with Crippen molar-refractivity contribution < 1.29 is 19.1 Å². The third-order valence-electron chi connectivity index (χ3n) is 5.75. The van der Waals surface area contributed by atoms with E-state index in [0.717, 1.165) is 28.9 Å². The summed E-state index contributed by atoms with van der Waals surface area (Å²) in [4.78, 5) is 37.6. The Balaban J connectivity index is 1.41. The first-order valence-corrected chi connectivity index (χ1v) is 11.6. The molecule has 4 rings (SSSR count). The first-order valence-electron chi connectivity index (χ1n) is 11.6. The molecule has 1 aliphatic rings. The largest absolute Gasteiger partial charge is 0.491 e. The molecule has 1 aliphatic heterocycles. The highest BCUT2D eigenvalue weighted by atomic mass is 16.5. The Hall–Kier alpha value is -4.01. The number of carbonyl (C=O) groups is 2. The smallest absolute Gasteiger partial charge is 0.316 e. The van der Waals surface area contributed by atoms with E-state index in [2.05, 4.69) is 39.4 Å². The molecule has 0 saturated carbocycles. The Labute approximate surface area is 204 Å². The van der Waals surface area contributed by atoms with E-state index in [4.69, 9.17) is 9.47 Å². The summed E-state index contributed by atoms with van der Waals surface area (Å²) in [5.74, 6) is 0.764. The molecule has 9 nitrogen and oxygen atoms in total. The van der Waals surface area contributed by atoms with Gasteiger partial charge in [0.15, 0.2) is 0 Å². The highest BCUT2D eigenvalue weighted by Gasteiger charge is 2.25. The van der Waals surface area contributed by atoms with E-state index < -0.39 is 0 Å². The fourth-order valence-electron chi connectivity index (χ4n) is 3.83. The highest BCUT2D eigenvalue weighted by Crippen LogP contribution is 2.34. The molecular weight excluding hydrogens is 446 g/mol. The Kier molecular flexibility index (Phi) is 7.54. The van der Waals surface area contributed by atoms with Crippen LogP contribution in [0.15, 0.2) is 48.9 Å². The van der Waals surface area contributed by atoms with Crippen LogP contribution in [0.5, 0.6) is 11.8 Å². The average Bonchev–Trinajstić information content (AvgIpc) is 2.88. The van der Waals surface area contributed by atoms with E-state index >= 15 is 0 Å². The number of hydrogen-bond donors (Lipinski definition) is 2. The molecule has 1 atom stereocenters. The molecular formula is C26H29N5O4. The molecule has 182 valence electrons. The third-order valence-corrected chi connectivity index (χ3v) is 5.75. The number of rotatable bonds is 8. The van der Waals surface area contributed by atoms with Crippen molar-refractivity contribution >= 4 is 11.8 Å². The number of ether oxygens (including phenoxy) is 2. The lowest BCUT2D eigenvalue weighted by molar-refractivity contribution is 0.0910. The van der Waals surface area contributed by atoms with Gasteiger partial charge < -0.3 is 20.1 Å². The average molecular weight is 476 g/mol. The number of methoxy groups -OCH3 is 1. The van der Waals surface area contributed by atoms with Crippen LogP contribution in [0.3, 0.4) is 0 Å². The molecule has 1 aromatic carbocycles. The molecule has 0 bridgehead atoms. The van der Waals surface area contributed by atoms with E-state index in [1.54, 1.807) is 24.5 Å². The zero-order valence-corrected chi connectivity index (χ0v) is 20.1. The van der Waals surface area contributed by atoms with Crippen molar-refractivity contribution in [2.24, 2.45) is 5.92 Å². The number of carbonyl (C=O) groups excluding carboxylic acids is 2. The molecule has 2 amide bonds. The second kappa shape index (κ2) is 10.9. The molecule has 0 saturated heterocycles. The number of fused-ring (bicyclic) bond motifs is 1. The Bertz CT molecular complexity index is 1180. The predicted molar refractivity (Wildman–Crippen MR) is 130 cm³/mol. The quantitative estimate of drug-likeness (QED) is 0.514. The van der Waals surface area contributed by atoms with Gasteiger partial charge in [-0.15, -0.1) is 0 Å². The monoisotopic (exact) mass is 475 g/mol. The molecule has 0 fully saturated rings. The number of amides is 2. The minimum absolute atomic E-state index is 0.227. The summed E-state index contributed by atoms with van der Waals surface area (Å²) >= 11 is 0. The van der Waals surface area contributed by atoms with Gasteiger partial charge in [-0.25, -0.2) is 9.97 Å². The maximum atomic E-state index is 12.8. The molecule has 35 heavy (non-hydrogen) atoms. The first-order chi connectivity index (χ1) is 16.9. The van der Waals surface area contributed by atoms with Gasteiger partial charge in [0.25, 0.3) is 11.8 Å². The zero-order valence-electron chi connectivity index (χ0n) is 20.1. The first kappa shape index (κ1) is 24.1. The summed E-state index contributed by atoms with van der Waals surface area (Å²) in [5.41, 5.74) is 3.42. The lowest BCUT2D eigenvalue weighted by Crippen LogP contribution is -2.43. The van der Waals surface area contributed by atoms with Crippen LogP contribution in [0, 0.1) is 5.92 Å². The number of nitrogens with zero attached hydrogens (tertiary/aromatic N) is 3. The van der Waals surface area contributed by atoms with E-state index in [1.165, 1.54) is 13.3 Å². The van der Waals surface area contributed by atoms with Gasteiger partial charge in [0.1, 0.15) is 18.1 Å². The van der Waals surface area contributed by atoms with Crippen LogP contribution in [0.25, 0.3) is 11.1 Å². The van der Waals surface area contributed by atoms with Crippen LogP contribution in [-0.2, 0) is 6.42 Å². The minimum Gasteiger partial charge on any atom is -0.491 e. The van der Waals surface area contributed by atoms with Crippen LogP contribution < -0.4 is 20.1 Å². The van der Waals surface area contributed by atoms with Crippen molar-refractivity contribution in [3.8, 4) is 22.9 Å². The number of hydrogen-bond acceptors (Lipinski definition) is 7. The topological polar surface area (TPSA) is 115 Å². The van der Waals surface area contributed by atoms with Crippen LogP contribution in [-0.4, -0.2) is 53.1 Å². The summed E-state index contributed by atoms with van der Waals surface area (Å²) < 4.78 is 11.0. The van der Waals surface area contributed by atoms with Crippen LogP contribution in [0.4, 0.5) is 0 Å². The molecule has 3 heterocycles. The summed E-state index contributed by atoms with van der Waals surface area (Å²) in [6, 6.07) is 9.05. The fourth-order valence-corrected chi connectivity index (χ4v) is 3.83. The van der Waals surface area contributed by atoms with Gasteiger partial charge in [-0.3, -0.25) is 14.6 Å². The van der Waals surface area contributed by atoms with E-state index in [0.29, 0.717) is 37.1 Å². The standard InChI is InChI=1S/C26H29N5O4/c1-16(2)9-10-27-25(33)22-8-7-17(12-28-22)24(32)31-19-11-21-20(5-4-6-23(21)35-15-19)18-13-29-26(34-3)30-14-18/h4-8,12-14,16,19H,9-11,15H2,1-3H3,(H,27,33)(H,31,32)/t19-/m0/s1. The predicted octanol–water partition coefficient (Wildman–Crippen LogP) is 3.06. The van der Waals surface area contributed by atoms with E-state index in [1.807, 2.05) is 18.2 Å². The van der Waals surface area contributed by atoms with Gasteiger partial charge in [-0.2, -0.15) is 0 Å². The van der Waals surface area contributed by atoms with Crippen molar-refractivity contribution in [3.05, 3.63) is 65.7 Å². The second-order valence-electron chi connectivity index (χ2n) is 8.80. The molecule has 0 spiro atoms. The van der Waals surface area contributed by atoms with Gasteiger partial charge in [-0.05, 0) is 36.1 Å². The van der Waals surface area contributed by atoms with Crippen molar-refractivity contribution in [1.82, 2.24) is 25.6 Å². The Morgan fingerprint density at radius 3 is 2.57 bits per heavy atom. The highest BCUT2D eigenvalue weighted by molar-refractivity contribution is 5.96. The van der Waals surface area contributed by atoms with Gasteiger partial charge in [0.05, 0.1) is 18.7 Å². The number of pyridine rings is 1. The van der Waals surface area contributed by atoms with Crippen molar-refractivity contribution in [2.75, 3.05) is 20.3 Å². The summed E-state index contributed by atoms with van der Waals surface area (Å²) in [6.45, 7) is 5.14. The van der Waals surface area contributed by atoms with Crippen molar-refractivity contribution in [3.63, 3.8) is 0 Å². The molecule has 2 N–H and O–H groups in total. The summed E-state index contributed by atoms with van der Waals surface area (Å²) in [7, 11) is 1.52. The van der Waals surface area contributed by atoms with Crippen LogP contribution in [0.2, 0.25) is 0 Å². The SMILES string of the molecule is COc1ncc(-c2cccc3c2C[C@H](NC(=O)c2ccc(C(=O)NCCC(C)C)nc2)CO3)cn1. The van der Waals surface area contributed by atoms with Crippen molar-refractivity contribution in [1.29, 1.82) is 0 Å². The Morgan fingerprint density at radius 1 is 1.09 bits per heavy atom. The minimum atomic E-state index is -0.272. The molecule has 0 unspecified atom stereocenters. The van der Waals surface area contributed by atoms with Crippen molar-refractivity contribution in [2.45, 2.75) is 32.7 Å². The van der Waals surface area contributed by atoms with Gasteiger partial charge >= 0.3 is 6.01 Å². The van der Waals surface area contributed by atoms with Gasteiger partial charge in [-0.1, -0.05) is 26.0 Å². The zero-order chi connectivity index (χ0) is 24.8. The van der Waals surface area contributed by atoms with Crippen LogP contribution in [0.1, 0.15) is 46.7 Å². The normalized spacial score (nSPS) is 14.6. The summed E-state index contributed by atoms with van der Waals surface area (Å²) in [5, 5.41) is 5.86. The van der Waals surface area contributed by atoms with Gasteiger partial charge in [0.2, 0.25) is 0 Å². The molecule has 3 aromatic rings. The molecule has 2 aromatic heterocycles. The third kappa shape index (κ3) is 5.92. The molecule has 0 radical (unpaired) electrons. The fraction of sp³-hybridized carbons (Fsp3) is 0.346. The van der Waals surface area contributed by atoms with Crippen LogP contribution >= 0.6 is 0 Å². The van der Waals surface area contributed by atoms with Gasteiger partial charge in [0, 0.05) is 42.7 Å². The number of benzene rings is 1. The van der Waals surface area contributed by atoms with E-state index in [9.17, 15) is 9.59 Å². The lowest BCUT2D eigenvalue weighted by Gasteiger charge is -2.28. The summed E-state index contributed by atoms with van der Waals surface area (Å²) in [6.07, 6.45) is 6.31. The number of nitrogens with one attached hydrogen (secondary N) is 2. The maximum absolute atomic E-state index is 12.8. The lowest BCUT2D eigenvalue weighted by atomic mass is 9.94. The maximum Gasteiger partial charge on any atom is 0.316 e. The molecule has 9 heteroatoms. The Morgan fingerprint density at radius 2 is 1.89 bits per heavy atom. The molecule has 0 aliphatic carbocycles. The second-order valence-corrected chi connectivity index (χ2v) is 8.80. The number of aromatic nitrogens is 3. The van der Waals surface area contributed by atoms with E-state index in [-0.39, 0.29) is 23.6 Å².